The molecule has 6 nitrogen and oxygen atoms in total. The van der Waals surface area contributed by atoms with Crippen molar-refractivity contribution in [3.05, 3.63) is 5.28 Å². The minimum atomic E-state index is 0.123. The third-order valence-electron chi connectivity index (χ3n) is 2.37. The summed E-state index contributed by atoms with van der Waals surface area (Å²) in [5.74, 6) is 0.420. The van der Waals surface area contributed by atoms with Gasteiger partial charge in [0.1, 0.15) is 0 Å². The highest BCUT2D eigenvalue weighted by atomic mass is 35.5. The van der Waals surface area contributed by atoms with E-state index in [2.05, 4.69) is 20.3 Å². The first kappa shape index (κ1) is 12.3. The molecule has 0 bridgehead atoms. The molecule has 94 valence electrons. The Labute approximate surface area is 105 Å². The van der Waals surface area contributed by atoms with Crippen molar-refractivity contribution >= 4 is 17.5 Å². The third-order valence-corrected chi connectivity index (χ3v) is 2.54. The van der Waals surface area contributed by atoms with Gasteiger partial charge in [0.15, 0.2) is 0 Å². The molecule has 1 aromatic rings. The zero-order valence-electron chi connectivity index (χ0n) is 9.65. The molecular weight excluding hydrogens is 244 g/mol. The summed E-state index contributed by atoms with van der Waals surface area (Å²) in [4.78, 5) is 11.9. The lowest BCUT2D eigenvalue weighted by Crippen LogP contribution is -2.20. The Kier molecular flexibility index (Phi) is 4.33. The summed E-state index contributed by atoms with van der Waals surface area (Å²) in [6.45, 7) is 3.85. The zero-order valence-corrected chi connectivity index (χ0v) is 10.4. The minimum absolute atomic E-state index is 0.123. The topological polar surface area (TPSA) is 69.2 Å². The van der Waals surface area contributed by atoms with Gasteiger partial charge in [0.25, 0.3) is 0 Å². The van der Waals surface area contributed by atoms with E-state index < -0.39 is 0 Å². The molecule has 7 heteroatoms. The molecule has 2 heterocycles. The number of ether oxygens (including phenoxy) is 2. The van der Waals surface area contributed by atoms with E-state index in [1.165, 1.54) is 0 Å². The van der Waals surface area contributed by atoms with Crippen LogP contribution in [-0.4, -0.2) is 40.8 Å². The molecule has 0 saturated carbocycles. The normalized spacial score (nSPS) is 19.3. The first-order valence-electron chi connectivity index (χ1n) is 5.67. The van der Waals surface area contributed by atoms with Crippen molar-refractivity contribution in [1.82, 2.24) is 15.0 Å². The second-order valence-corrected chi connectivity index (χ2v) is 4.00. The number of hydrogen-bond acceptors (Lipinski definition) is 6. The average molecular weight is 259 g/mol. The zero-order chi connectivity index (χ0) is 12.1. The lowest BCUT2D eigenvalue weighted by molar-refractivity contribution is 0.120. The summed E-state index contributed by atoms with van der Waals surface area (Å²) in [6.07, 6.45) is 2.39. The Balaban J connectivity index is 1.94. The fourth-order valence-electron chi connectivity index (χ4n) is 1.62. The SMILES string of the molecule is CCOc1nc(Cl)nc(NCC2CCCO2)n1. The van der Waals surface area contributed by atoms with Gasteiger partial charge in [-0.15, -0.1) is 0 Å². The van der Waals surface area contributed by atoms with E-state index in [-0.39, 0.29) is 17.4 Å². The lowest BCUT2D eigenvalue weighted by atomic mass is 10.2. The van der Waals surface area contributed by atoms with Crippen LogP contribution in [0.15, 0.2) is 0 Å². The summed E-state index contributed by atoms with van der Waals surface area (Å²) in [6, 6.07) is 0.238. The van der Waals surface area contributed by atoms with E-state index in [4.69, 9.17) is 21.1 Å². The van der Waals surface area contributed by atoms with Gasteiger partial charge >= 0.3 is 6.01 Å². The van der Waals surface area contributed by atoms with Crippen molar-refractivity contribution in [2.75, 3.05) is 25.1 Å². The van der Waals surface area contributed by atoms with Gasteiger partial charge in [-0.05, 0) is 31.4 Å². The van der Waals surface area contributed by atoms with E-state index in [9.17, 15) is 0 Å². The Hall–Kier alpha value is -1.14. The van der Waals surface area contributed by atoms with Crippen LogP contribution in [0.2, 0.25) is 5.28 Å². The number of hydrogen-bond donors (Lipinski definition) is 1. The number of halogens is 1. The van der Waals surface area contributed by atoms with Gasteiger partial charge in [0.05, 0.1) is 12.7 Å². The summed E-state index contributed by atoms with van der Waals surface area (Å²) in [7, 11) is 0. The number of nitrogens with zero attached hydrogens (tertiary/aromatic N) is 3. The van der Waals surface area contributed by atoms with Gasteiger partial charge in [-0.1, -0.05) is 0 Å². The van der Waals surface area contributed by atoms with Crippen LogP contribution >= 0.6 is 11.6 Å². The maximum atomic E-state index is 5.77. The van der Waals surface area contributed by atoms with Gasteiger partial charge in [-0.3, -0.25) is 0 Å². The number of nitrogens with one attached hydrogen (secondary N) is 1. The van der Waals surface area contributed by atoms with E-state index in [1.54, 1.807) is 0 Å². The molecule has 1 atom stereocenters. The Bertz CT molecular complexity index is 371. The molecule has 0 amide bonds. The quantitative estimate of drug-likeness (QED) is 0.864. The van der Waals surface area contributed by atoms with Crippen LogP contribution < -0.4 is 10.1 Å². The van der Waals surface area contributed by atoms with Gasteiger partial charge in [0, 0.05) is 13.2 Å². The molecule has 1 saturated heterocycles. The molecule has 17 heavy (non-hydrogen) atoms. The van der Waals surface area contributed by atoms with Crippen LogP contribution in [0.5, 0.6) is 6.01 Å². The third kappa shape index (κ3) is 3.67. The molecule has 0 spiro atoms. The fraction of sp³-hybridized carbons (Fsp3) is 0.700. The van der Waals surface area contributed by atoms with Crippen LogP contribution in [0.25, 0.3) is 0 Å². The van der Waals surface area contributed by atoms with Gasteiger partial charge in [0.2, 0.25) is 11.2 Å². The Morgan fingerprint density at radius 2 is 2.35 bits per heavy atom. The number of anilines is 1. The predicted octanol–water partition coefficient (Wildman–Crippen LogP) is 1.51. The van der Waals surface area contributed by atoms with Crippen molar-refractivity contribution < 1.29 is 9.47 Å². The largest absolute Gasteiger partial charge is 0.464 e. The van der Waals surface area contributed by atoms with Crippen LogP contribution in [0, 0.1) is 0 Å². The van der Waals surface area contributed by atoms with Crippen molar-refractivity contribution in [2.45, 2.75) is 25.9 Å². The molecular formula is C10H15ClN4O2. The van der Waals surface area contributed by atoms with E-state index >= 15 is 0 Å². The monoisotopic (exact) mass is 258 g/mol. The van der Waals surface area contributed by atoms with E-state index in [0.29, 0.717) is 19.1 Å². The highest BCUT2D eigenvalue weighted by Crippen LogP contribution is 2.14. The van der Waals surface area contributed by atoms with Crippen LogP contribution in [0.4, 0.5) is 5.95 Å². The highest BCUT2D eigenvalue weighted by molar-refractivity contribution is 6.28. The van der Waals surface area contributed by atoms with Crippen LogP contribution in [-0.2, 0) is 4.74 Å². The summed E-state index contributed by atoms with van der Waals surface area (Å²) in [5.41, 5.74) is 0. The average Bonchev–Trinajstić information content (AvgIpc) is 2.79. The first-order valence-corrected chi connectivity index (χ1v) is 6.05. The molecule has 1 aromatic heterocycles. The standard InChI is InChI=1S/C10H15ClN4O2/c1-2-16-10-14-8(11)13-9(15-10)12-6-7-4-3-5-17-7/h7H,2-6H2,1H3,(H,12,13,14,15). The summed E-state index contributed by atoms with van der Waals surface area (Å²) >= 11 is 5.77. The molecule has 0 radical (unpaired) electrons. The number of aromatic nitrogens is 3. The molecule has 1 N–H and O–H groups in total. The smallest absolute Gasteiger partial charge is 0.322 e. The molecule has 1 aliphatic heterocycles. The van der Waals surface area contributed by atoms with Crippen molar-refractivity contribution in [2.24, 2.45) is 0 Å². The summed E-state index contributed by atoms with van der Waals surface area (Å²) < 4.78 is 10.7. The van der Waals surface area contributed by atoms with E-state index in [0.717, 1.165) is 19.4 Å². The maximum Gasteiger partial charge on any atom is 0.322 e. The Morgan fingerprint density at radius 1 is 1.47 bits per heavy atom. The Morgan fingerprint density at radius 3 is 3.06 bits per heavy atom. The molecule has 0 aromatic carbocycles. The highest BCUT2D eigenvalue weighted by Gasteiger charge is 2.15. The fourth-order valence-corrected chi connectivity index (χ4v) is 1.77. The van der Waals surface area contributed by atoms with Crippen molar-refractivity contribution in [3.63, 3.8) is 0 Å². The molecule has 1 fully saturated rings. The predicted molar refractivity (Wildman–Crippen MR) is 63.5 cm³/mol. The molecule has 2 rings (SSSR count). The van der Waals surface area contributed by atoms with Crippen molar-refractivity contribution in [3.8, 4) is 6.01 Å². The van der Waals surface area contributed by atoms with Crippen LogP contribution in [0.3, 0.4) is 0 Å². The molecule has 1 unspecified atom stereocenters. The van der Waals surface area contributed by atoms with E-state index in [1.807, 2.05) is 6.92 Å². The second-order valence-electron chi connectivity index (χ2n) is 3.66. The summed E-state index contributed by atoms with van der Waals surface area (Å²) in [5, 5.41) is 3.20. The lowest BCUT2D eigenvalue weighted by Gasteiger charge is -2.11. The van der Waals surface area contributed by atoms with Gasteiger partial charge in [-0.25, -0.2) is 0 Å². The van der Waals surface area contributed by atoms with Crippen LogP contribution in [0.1, 0.15) is 19.8 Å². The van der Waals surface area contributed by atoms with Gasteiger partial charge in [-0.2, -0.15) is 15.0 Å². The maximum absolute atomic E-state index is 5.77. The number of rotatable bonds is 5. The molecule has 0 aliphatic carbocycles. The van der Waals surface area contributed by atoms with Crippen molar-refractivity contribution in [1.29, 1.82) is 0 Å². The van der Waals surface area contributed by atoms with Gasteiger partial charge < -0.3 is 14.8 Å². The first-order chi connectivity index (χ1) is 8.28. The molecule has 1 aliphatic rings. The minimum Gasteiger partial charge on any atom is -0.464 e. The second kappa shape index (κ2) is 5.97.